The summed E-state index contributed by atoms with van der Waals surface area (Å²) in [4.78, 5) is 22.8. The van der Waals surface area contributed by atoms with Crippen molar-refractivity contribution in [1.29, 1.82) is 0 Å². The van der Waals surface area contributed by atoms with Crippen molar-refractivity contribution in [3.8, 4) is 0 Å². The van der Waals surface area contributed by atoms with Crippen molar-refractivity contribution in [3.63, 3.8) is 0 Å². The maximum atomic E-state index is 11.1. The number of carboxylic acid groups (broad SMARTS) is 1. The first-order valence-electron chi connectivity index (χ1n) is 7.97. The van der Waals surface area contributed by atoms with Crippen LogP contribution in [-0.2, 0) is 6.42 Å². The van der Waals surface area contributed by atoms with E-state index in [9.17, 15) is 4.79 Å². The minimum absolute atomic E-state index is 0.0518. The third-order valence-corrected chi connectivity index (χ3v) is 6.21. The molecule has 0 aliphatic carbocycles. The third-order valence-electron chi connectivity index (χ3n) is 4.36. The van der Waals surface area contributed by atoms with E-state index >= 15 is 0 Å². The standard InChI is InChI=1S/C16H16N6O2S2/c1-7-10-4-5-22(16-18-11(6-25-16)14(23)24)13(10)21-20-12(7)19-15-17-8(2)9(3)26-15/h6H,4-5H2,1-3H3,(H,23,24)(H,17,19,20). The molecule has 4 heterocycles. The van der Waals surface area contributed by atoms with Crippen LogP contribution in [-0.4, -0.2) is 37.8 Å². The first kappa shape index (κ1) is 16.9. The summed E-state index contributed by atoms with van der Waals surface area (Å²) in [6.45, 7) is 6.74. The molecule has 0 spiro atoms. The highest BCUT2D eigenvalue weighted by molar-refractivity contribution is 7.15. The summed E-state index contributed by atoms with van der Waals surface area (Å²) >= 11 is 2.89. The Bertz CT molecular complexity index is 993. The molecule has 0 saturated heterocycles. The number of aromatic nitrogens is 4. The number of anilines is 4. The topological polar surface area (TPSA) is 104 Å². The van der Waals surface area contributed by atoms with Crippen molar-refractivity contribution in [3.05, 3.63) is 32.8 Å². The van der Waals surface area contributed by atoms with Gasteiger partial charge < -0.3 is 15.3 Å². The van der Waals surface area contributed by atoms with Crippen molar-refractivity contribution >= 4 is 50.5 Å². The van der Waals surface area contributed by atoms with Crippen LogP contribution in [0.2, 0.25) is 0 Å². The number of nitrogens with one attached hydrogen (secondary N) is 1. The smallest absolute Gasteiger partial charge is 0.355 e. The molecule has 1 aliphatic rings. The third kappa shape index (κ3) is 2.80. The second-order valence-electron chi connectivity index (χ2n) is 5.98. The lowest BCUT2D eigenvalue weighted by Crippen LogP contribution is -2.15. The summed E-state index contributed by atoms with van der Waals surface area (Å²) in [5, 5.41) is 24.0. The van der Waals surface area contributed by atoms with Crippen molar-refractivity contribution in [2.24, 2.45) is 0 Å². The predicted molar refractivity (Wildman–Crippen MR) is 101 cm³/mol. The molecule has 0 amide bonds. The summed E-state index contributed by atoms with van der Waals surface area (Å²) in [5.74, 6) is 0.415. The van der Waals surface area contributed by atoms with Gasteiger partial charge in [-0.3, -0.25) is 0 Å². The number of aryl methyl sites for hydroxylation is 2. The highest BCUT2D eigenvalue weighted by Gasteiger charge is 2.28. The number of carbonyl (C=O) groups is 1. The molecule has 10 heteroatoms. The second kappa shape index (κ2) is 6.29. The van der Waals surface area contributed by atoms with Crippen LogP contribution in [0.1, 0.15) is 32.2 Å². The molecular formula is C16H16N6O2S2. The van der Waals surface area contributed by atoms with Crippen LogP contribution in [0.5, 0.6) is 0 Å². The molecular weight excluding hydrogens is 372 g/mol. The van der Waals surface area contributed by atoms with Gasteiger partial charge in [0.25, 0.3) is 0 Å². The van der Waals surface area contributed by atoms with E-state index in [0.29, 0.717) is 17.5 Å². The van der Waals surface area contributed by atoms with Gasteiger partial charge in [0.1, 0.15) is 0 Å². The van der Waals surface area contributed by atoms with Crippen LogP contribution in [0.4, 0.5) is 21.9 Å². The zero-order chi connectivity index (χ0) is 18.4. The van der Waals surface area contributed by atoms with Crippen LogP contribution in [0, 0.1) is 20.8 Å². The lowest BCUT2D eigenvalue weighted by Gasteiger charge is -2.15. The molecule has 0 atom stereocenters. The maximum Gasteiger partial charge on any atom is 0.355 e. The molecule has 1 aliphatic heterocycles. The average molecular weight is 388 g/mol. The Kier molecular flexibility index (Phi) is 4.08. The van der Waals surface area contributed by atoms with E-state index in [0.717, 1.165) is 34.2 Å². The Morgan fingerprint density at radius 3 is 2.73 bits per heavy atom. The lowest BCUT2D eigenvalue weighted by atomic mass is 10.1. The molecule has 134 valence electrons. The molecule has 3 aromatic rings. The van der Waals surface area contributed by atoms with Gasteiger partial charge >= 0.3 is 5.97 Å². The van der Waals surface area contributed by atoms with Crippen LogP contribution >= 0.6 is 22.7 Å². The number of carboxylic acids is 1. The van der Waals surface area contributed by atoms with Gasteiger partial charge in [-0.25, -0.2) is 14.8 Å². The molecule has 4 rings (SSSR count). The molecule has 0 saturated carbocycles. The number of aromatic carboxylic acids is 1. The van der Waals surface area contributed by atoms with E-state index in [1.54, 1.807) is 16.7 Å². The van der Waals surface area contributed by atoms with Crippen LogP contribution < -0.4 is 10.2 Å². The van der Waals surface area contributed by atoms with Gasteiger partial charge in [0, 0.05) is 27.9 Å². The van der Waals surface area contributed by atoms with Crippen molar-refractivity contribution in [2.45, 2.75) is 27.2 Å². The van der Waals surface area contributed by atoms with Gasteiger partial charge in [0.05, 0.1) is 5.69 Å². The number of thiazole rings is 2. The van der Waals surface area contributed by atoms with Crippen LogP contribution in [0.25, 0.3) is 0 Å². The SMILES string of the molecule is Cc1nc(Nc2nnc3c(c2C)CCN3c2nc(C(=O)O)cs2)sc1C. The predicted octanol–water partition coefficient (Wildman–Crippen LogP) is 3.45. The fourth-order valence-corrected chi connectivity index (χ4v) is 4.45. The van der Waals surface area contributed by atoms with Gasteiger partial charge in [0.15, 0.2) is 27.6 Å². The minimum Gasteiger partial charge on any atom is -0.476 e. The Labute approximate surface area is 157 Å². The van der Waals surface area contributed by atoms with E-state index in [1.165, 1.54) is 16.2 Å². The van der Waals surface area contributed by atoms with Crippen molar-refractivity contribution in [2.75, 3.05) is 16.8 Å². The lowest BCUT2D eigenvalue weighted by molar-refractivity contribution is 0.0691. The number of rotatable bonds is 4. The van der Waals surface area contributed by atoms with Gasteiger partial charge in [-0.2, -0.15) is 0 Å². The van der Waals surface area contributed by atoms with Crippen molar-refractivity contribution in [1.82, 2.24) is 20.2 Å². The fraction of sp³-hybridized carbons (Fsp3) is 0.312. The number of fused-ring (bicyclic) bond motifs is 1. The normalized spacial score (nSPS) is 13.1. The zero-order valence-electron chi connectivity index (χ0n) is 14.4. The summed E-state index contributed by atoms with van der Waals surface area (Å²) in [7, 11) is 0. The molecule has 0 radical (unpaired) electrons. The molecule has 2 N–H and O–H groups in total. The number of nitrogens with zero attached hydrogens (tertiary/aromatic N) is 5. The first-order valence-corrected chi connectivity index (χ1v) is 9.67. The molecule has 0 aromatic carbocycles. The molecule has 8 nitrogen and oxygen atoms in total. The molecule has 0 fully saturated rings. The van der Waals surface area contributed by atoms with Gasteiger partial charge in [0.2, 0.25) is 0 Å². The average Bonchev–Trinajstić information content (AvgIpc) is 3.29. The largest absolute Gasteiger partial charge is 0.476 e. The van der Waals surface area contributed by atoms with Crippen molar-refractivity contribution < 1.29 is 9.90 Å². The summed E-state index contributed by atoms with van der Waals surface area (Å²) in [5.41, 5.74) is 3.18. The zero-order valence-corrected chi connectivity index (χ0v) is 16.0. The van der Waals surface area contributed by atoms with Crippen LogP contribution in [0.3, 0.4) is 0 Å². The highest BCUT2D eigenvalue weighted by Crippen LogP contribution is 2.38. The highest BCUT2D eigenvalue weighted by atomic mass is 32.1. The van der Waals surface area contributed by atoms with Gasteiger partial charge in [-0.05, 0) is 27.2 Å². The number of hydrogen-bond donors (Lipinski definition) is 2. The second-order valence-corrected chi connectivity index (χ2v) is 8.02. The molecule has 0 unspecified atom stereocenters. The Hall–Kier alpha value is -2.59. The summed E-state index contributed by atoms with van der Waals surface area (Å²) in [6.07, 6.45) is 0.809. The number of hydrogen-bond acceptors (Lipinski definition) is 9. The maximum absolute atomic E-state index is 11.1. The van der Waals surface area contributed by atoms with E-state index < -0.39 is 5.97 Å². The Morgan fingerprint density at radius 2 is 2.08 bits per heavy atom. The van der Waals surface area contributed by atoms with E-state index in [2.05, 4.69) is 25.5 Å². The van der Waals surface area contributed by atoms with Gasteiger partial charge in [-0.1, -0.05) is 0 Å². The Morgan fingerprint density at radius 1 is 1.27 bits per heavy atom. The Balaban J connectivity index is 1.64. The first-order chi connectivity index (χ1) is 12.4. The quantitative estimate of drug-likeness (QED) is 0.700. The van der Waals surface area contributed by atoms with Gasteiger partial charge in [-0.15, -0.1) is 32.9 Å². The fourth-order valence-electron chi connectivity index (χ4n) is 2.81. The van der Waals surface area contributed by atoms with E-state index in [4.69, 9.17) is 5.11 Å². The minimum atomic E-state index is -1.03. The summed E-state index contributed by atoms with van der Waals surface area (Å²) < 4.78 is 0. The van der Waals surface area contributed by atoms with E-state index in [-0.39, 0.29) is 5.69 Å². The molecule has 0 bridgehead atoms. The van der Waals surface area contributed by atoms with Crippen LogP contribution in [0.15, 0.2) is 5.38 Å². The molecule has 3 aromatic heterocycles. The molecule has 26 heavy (non-hydrogen) atoms. The monoisotopic (exact) mass is 388 g/mol. The summed E-state index contributed by atoms with van der Waals surface area (Å²) in [6, 6.07) is 0. The van der Waals surface area contributed by atoms with E-state index in [1.807, 2.05) is 25.7 Å².